The molecular formula is C28H35N5O2S. The molecule has 3 aromatic rings. The molecule has 0 aliphatic carbocycles. The van der Waals surface area contributed by atoms with Crippen LogP contribution in [0, 0.1) is 0 Å². The van der Waals surface area contributed by atoms with E-state index in [-0.39, 0.29) is 17.9 Å². The second-order valence-corrected chi connectivity index (χ2v) is 10.3. The molecule has 1 unspecified atom stereocenters. The first-order valence-corrected chi connectivity index (χ1v) is 13.8. The van der Waals surface area contributed by atoms with Crippen LogP contribution in [0.4, 0.5) is 0 Å². The molecule has 36 heavy (non-hydrogen) atoms. The van der Waals surface area contributed by atoms with Crippen LogP contribution in [0.5, 0.6) is 0 Å². The number of hydrogen-bond acceptors (Lipinski definition) is 5. The second kappa shape index (κ2) is 12.7. The molecule has 1 saturated heterocycles. The van der Waals surface area contributed by atoms with E-state index in [1.54, 1.807) is 11.8 Å². The van der Waals surface area contributed by atoms with Gasteiger partial charge < -0.3 is 9.80 Å². The highest BCUT2D eigenvalue weighted by molar-refractivity contribution is 7.99. The maximum Gasteiger partial charge on any atom is 0.222 e. The minimum Gasteiger partial charge on any atom is -0.339 e. The van der Waals surface area contributed by atoms with E-state index in [1.165, 1.54) is 5.56 Å². The monoisotopic (exact) mass is 505 g/mol. The number of amides is 2. The standard InChI is InChI=1S/C28H35N5O2S/c1-3-11-27(35)32-18-17-31(21-22(32)2)26(34)16-10-19-36-28-30-29-25(20-23-12-6-4-7-13-23)33(28)24-14-8-5-9-15-24/h4-9,12-15,22H,3,10-11,16-21H2,1-2H3. The number of carbonyl (C=O) groups excluding carboxylic acids is 2. The Kier molecular flexibility index (Phi) is 9.17. The van der Waals surface area contributed by atoms with Crippen molar-refractivity contribution in [3.63, 3.8) is 0 Å². The maximum absolute atomic E-state index is 12.8. The average molecular weight is 506 g/mol. The Balaban J connectivity index is 1.33. The summed E-state index contributed by atoms with van der Waals surface area (Å²) in [7, 11) is 0. The van der Waals surface area contributed by atoms with Crippen molar-refractivity contribution in [3.8, 4) is 5.69 Å². The molecule has 1 aromatic heterocycles. The van der Waals surface area contributed by atoms with Gasteiger partial charge in [0.2, 0.25) is 11.8 Å². The average Bonchev–Trinajstić information content (AvgIpc) is 3.29. The van der Waals surface area contributed by atoms with Gasteiger partial charge in [-0.2, -0.15) is 0 Å². The molecule has 0 bridgehead atoms. The number of para-hydroxylation sites is 1. The molecule has 0 saturated carbocycles. The number of benzene rings is 2. The van der Waals surface area contributed by atoms with Gasteiger partial charge in [-0.15, -0.1) is 10.2 Å². The number of thioether (sulfide) groups is 1. The number of carbonyl (C=O) groups is 2. The highest BCUT2D eigenvalue weighted by atomic mass is 32.2. The number of nitrogens with zero attached hydrogens (tertiary/aromatic N) is 5. The van der Waals surface area contributed by atoms with Crippen LogP contribution in [-0.4, -0.2) is 67.8 Å². The lowest BCUT2D eigenvalue weighted by atomic mass is 10.1. The van der Waals surface area contributed by atoms with Crippen LogP contribution >= 0.6 is 11.8 Å². The Morgan fingerprint density at radius 2 is 1.67 bits per heavy atom. The van der Waals surface area contributed by atoms with Gasteiger partial charge in [0, 0.05) is 56.4 Å². The smallest absolute Gasteiger partial charge is 0.222 e. The third kappa shape index (κ3) is 6.55. The molecule has 0 radical (unpaired) electrons. The summed E-state index contributed by atoms with van der Waals surface area (Å²) in [5.74, 6) is 2.05. The molecular weight excluding hydrogens is 470 g/mol. The summed E-state index contributed by atoms with van der Waals surface area (Å²) in [6.45, 7) is 5.92. The summed E-state index contributed by atoms with van der Waals surface area (Å²) in [4.78, 5) is 28.9. The summed E-state index contributed by atoms with van der Waals surface area (Å²) in [6, 6.07) is 20.5. The third-order valence-electron chi connectivity index (χ3n) is 6.45. The first kappa shape index (κ1) is 25.9. The van der Waals surface area contributed by atoms with Crippen LogP contribution in [0.25, 0.3) is 5.69 Å². The Morgan fingerprint density at radius 3 is 2.36 bits per heavy atom. The summed E-state index contributed by atoms with van der Waals surface area (Å²) < 4.78 is 2.12. The molecule has 2 aromatic carbocycles. The Bertz CT molecular complexity index is 1140. The summed E-state index contributed by atoms with van der Waals surface area (Å²) in [5.41, 5.74) is 2.23. The van der Waals surface area contributed by atoms with Crippen LogP contribution in [0.2, 0.25) is 0 Å². The largest absolute Gasteiger partial charge is 0.339 e. The van der Waals surface area contributed by atoms with E-state index in [1.807, 2.05) is 60.0 Å². The van der Waals surface area contributed by atoms with Gasteiger partial charge in [-0.05, 0) is 37.5 Å². The van der Waals surface area contributed by atoms with Crippen molar-refractivity contribution in [2.75, 3.05) is 25.4 Å². The van der Waals surface area contributed by atoms with E-state index < -0.39 is 0 Å². The van der Waals surface area contributed by atoms with Crippen molar-refractivity contribution in [2.45, 2.75) is 57.1 Å². The van der Waals surface area contributed by atoms with Gasteiger partial charge in [0.15, 0.2) is 5.16 Å². The number of hydrogen-bond donors (Lipinski definition) is 0. The lowest BCUT2D eigenvalue weighted by Gasteiger charge is -2.40. The van der Waals surface area contributed by atoms with Gasteiger partial charge in [-0.1, -0.05) is 67.2 Å². The predicted molar refractivity (Wildman–Crippen MR) is 143 cm³/mol. The van der Waals surface area contributed by atoms with Crippen LogP contribution in [0.1, 0.15) is 50.9 Å². The van der Waals surface area contributed by atoms with Crippen molar-refractivity contribution < 1.29 is 9.59 Å². The fourth-order valence-corrected chi connectivity index (χ4v) is 5.49. The van der Waals surface area contributed by atoms with Gasteiger partial charge >= 0.3 is 0 Å². The number of aromatic nitrogens is 3. The lowest BCUT2D eigenvalue weighted by Crippen LogP contribution is -2.55. The van der Waals surface area contributed by atoms with Gasteiger partial charge in [-0.25, -0.2) is 0 Å². The van der Waals surface area contributed by atoms with Crippen LogP contribution < -0.4 is 0 Å². The van der Waals surface area contributed by atoms with Gasteiger partial charge in [0.1, 0.15) is 5.82 Å². The van der Waals surface area contributed by atoms with E-state index in [9.17, 15) is 9.59 Å². The van der Waals surface area contributed by atoms with Gasteiger partial charge in [0.05, 0.1) is 0 Å². The molecule has 7 nitrogen and oxygen atoms in total. The normalized spacial score (nSPS) is 15.8. The zero-order valence-corrected chi connectivity index (χ0v) is 22.0. The number of piperazine rings is 1. The van der Waals surface area contributed by atoms with Crippen LogP contribution in [-0.2, 0) is 16.0 Å². The third-order valence-corrected chi connectivity index (χ3v) is 7.47. The predicted octanol–water partition coefficient (Wildman–Crippen LogP) is 4.59. The van der Waals surface area contributed by atoms with E-state index in [0.717, 1.165) is 35.3 Å². The zero-order chi connectivity index (χ0) is 25.3. The van der Waals surface area contributed by atoms with Crippen molar-refractivity contribution in [2.24, 2.45) is 0 Å². The highest BCUT2D eigenvalue weighted by Crippen LogP contribution is 2.24. The Labute approximate surface area is 217 Å². The fourth-order valence-electron chi connectivity index (χ4n) is 4.58. The van der Waals surface area contributed by atoms with Crippen LogP contribution in [0.3, 0.4) is 0 Å². The second-order valence-electron chi connectivity index (χ2n) is 9.21. The zero-order valence-electron chi connectivity index (χ0n) is 21.2. The first-order chi connectivity index (χ1) is 17.6. The van der Waals surface area contributed by atoms with E-state index in [2.05, 4.69) is 39.0 Å². The topological polar surface area (TPSA) is 71.3 Å². The molecule has 2 heterocycles. The van der Waals surface area contributed by atoms with Gasteiger partial charge in [0.25, 0.3) is 0 Å². The molecule has 1 aliphatic heterocycles. The molecule has 0 N–H and O–H groups in total. The molecule has 190 valence electrons. The van der Waals surface area contributed by atoms with Crippen LogP contribution in [0.15, 0.2) is 65.8 Å². The molecule has 1 aliphatic rings. The molecule has 2 amide bonds. The minimum atomic E-state index is 0.0728. The highest BCUT2D eigenvalue weighted by Gasteiger charge is 2.29. The Hall–Kier alpha value is -3.13. The molecule has 1 atom stereocenters. The Morgan fingerprint density at radius 1 is 0.944 bits per heavy atom. The summed E-state index contributed by atoms with van der Waals surface area (Å²) >= 11 is 1.64. The van der Waals surface area contributed by atoms with E-state index in [4.69, 9.17) is 0 Å². The maximum atomic E-state index is 12.8. The van der Waals surface area contributed by atoms with E-state index in [0.29, 0.717) is 38.9 Å². The minimum absolute atomic E-state index is 0.0728. The SMILES string of the molecule is CCCC(=O)N1CCN(C(=O)CCCSc2nnc(Cc3ccccc3)n2-c2ccccc2)CC1C. The van der Waals surface area contributed by atoms with Crippen molar-refractivity contribution in [3.05, 3.63) is 72.1 Å². The number of rotatable bonds is 10. The van der Waals surface area contributed by atoms with Crippen molar-refractivity contribution in [1.29, 1.82) is 0 Å². The van der Waals surface area contributed by atoms with Crippen molar-refractivity contribution >= 4 is 23.6 Å². The van der Waals surface area contributed by atoms with E-state index >= 15 is 0 Å². The summed E-state index contributed by atoms with van der Waals surface area (Å²) in [6.07, 6.45) is 3.40. The first-order valence-electron chi connectivity index (χ1n) is 12.8. The molecule has 8 heteroatoms. The quantitative estimate of drug-likeness (QED) is 0.298. The fraction of sp³-hybridized carbons (Fsp3) is 0.429. The van der Waals surface area contributed by atoms with Crippen molar-refractivity contribution in [1.82, 2.24) is 24.6 Å². The molecule has 1 fully saturated rings. The molecule has 0 spiro atoms. The summed E-state index contributed by atoms with van der Waals surface area (Å²) in [5, 5.41) is 9.83. The lowest BCUT2D eigenvalue weighted by molar-refractivity contribution is -0.142. The molecule has 4 rings (SSSR count). The van der Waals surface area contributed by atoms with Gasteiger partial charge in [-0.3, -0.25) is 14.2 Å².